The van der Waals surface area contributed by atoms with Crippen LogP contribution in [0.4, 0.5) is 0 Å². The van der Waals surface area contributed by atoms with Gasteiger partial charge in [0, 0.05) is 50.8 Å². The van der Waals surface area contributed by atoms with Gasteiger partial charge in [0.15, 0.2) is 11.3 Å². The smallest absolute Gasteiger partial charge is 0.274 e. The molecule has 5 rings (SSSR count). The lowest BCUT2D eigenvalue weighted by Gasteiger charge is -2.38. The van der Waals surface area contributed by atoms with E-state index in [0.29, 0.717) is 35.7 Å². The summed E-state index contributed by atoms with van der Waals surface area (Å²) in [6.45, 7) is 1.19. The molecule has 0 spiro atoms. The van der Waals surface area contributed by atoms with Gasteiger partial charge in [-0.2, -0.15) is 10.4 Å². The monoisotopic (exact) mass is 403 g/mol. The Morgan fingerprint density at radius 1 is 1.23 bits per heavy atom. The summed E-state index contributed by atoms with van der Waals surface area (Å²) < 4.78 is 3.27. The van der Waals surface area contributed by atoms with Crippen LogP contribution < -0.4 is 5.32 Å². The number of rotatable bonds is 3. The molecule has 3 atom stereocenters. The molecule has 1 saturated heterocycles. The van der Waals surface area contributed by atoms with Crippen LogP contribution in [0.3, 0.4) is 0 Å². The molecule has 9 heteroatoms. The number of nitrogens with zero attached hydrogens (tertiary/aromatic N) is 6. The normalized spacial score (nSPS) is 22.8. The average molecular weight is 403 g/mol. The number of hydrogen-bond acceptors (Lipinski definition) is 5. The lowest BCUT2D eigenvalue weighted by molar-refractivity contribution is 0.0591. The molecule has 2 bridgehead atoms. The first-order valence-corrected chi connectivity index (χ1v) is 10.0. The predicted molar refractivity (Wildman–Crippen MR) is 106 cm³/mol. The summed E-state index contributed by atoms with van der Waals surface area (Å²) in [7, 11) is 1.76. The third-order valence-electron chi connectivity index (χ3n) is 6.24. The van der Waals surface area contributed by atoms with Crippen LogP contribution in [0.2, 0.25) is 0 Å². The summed E-state index contributed by atoms with van der Waals surface area (Å²) in [5, 5.41) is 16.6. The fourth-order valence-electron chi connectivity index (χ4n) is 4.80. The zero-order valence-electron chi connectivity index (χ0n) is 16.5. The van der Waals surface area contributed by atoms with Crippen molar-refractivity contribution >= 4 is 17.5 Å². The third-order valence-corrected chi connectivity index (χ3v) is 6.24. The number of aryl methyl sites for hydroxylation is 1. The number of fused-ring (bicyclic) bond motifs is 3. The summed E-state index contributed by atoms with van der Waals surface area (Å²) >= 11 is 0. The van der Waals surface area contributed by atoms with Crippen molar-refractivity contribution in [2.75, 3.05) is 13.1 Å². The summed E-state index contributed by atoms with van der Waals surface area (Å²) in [6, 6.07) is 7.18. The van der Waals surface area contributed by atoms with Gasteiger partial charge in [-0.15, -0.1) is 0 Å². The molecular formula is C21H21N7O2. The quantitative estimate of drug-likeness (QED) is 0.707. The number of carbonyl (C=O) groups excluding carboxylic acids is 2. The minimum atomic E-state index is -0.174. The summed E-state index contributed by atoms with van der Waals surface area (Å²) in [5.41, 5.74) is 1.98. The van der Waals surface area contributed by atoms with Crippen molar-refractivity contribution in [3.05, 3.63) is 53.7 Å². The Labute approximate surface area is 172 Å². The Morgan fingerprint density at radius 2 is 2.00 bits per heavy atom. The molecule has 1 N–H and O–H groups in total. The Kier molecular flexibility index (Phi) is 4.28. The van der Waals surface area contributed by atoms with Gasteiger partial charge in [-0.1, -0.05) is 0 Å². The van der Waals surface area contributed by atoms with Gasteiger partial charge in [0.25, 0.3) is 11.8 Å². The van der Waals surface area contributed by atoms with Crippen LogP contribution in [-0.2, 0) is 7.05 Å². The Balaban J connectivity index is 1.30. The van der Waals surface area contributed by atoms with Crippen molar-refractivity contribution in [3.8, 4) is 6.07 Å². The maximum absolute atomic E-state index is 13.0. The molecule has 3 aromatic rings. The Hall–Kier alpha value is -3.67. The SMILES string of the molecule is Cn1cc(C#N)cc1C(=O)NC1[C@@H]2CC[C@H]1CN(C(=O)c1cc3ncccn3n1)C2. The van der Waals surface area contributed by atoms with Crippen LogP contribution in [0.15, 0.2) is 36.8 Å². The van der Waals surface area contributed by atoms with Crippen LogP contribution in [0.5, 0.6) is 0 Å². The van der Waals surface area contributed by atoms with E-state index in [1.165, 1.54) is 0 Å². The minimum Gasteiger partial charge on any atom is -0.347 e. The van der Waals surface area contributed by atoms with Gasteiger partial charge in [0.1, 0.15) is 11.8 Å². The number of nitrogens with one attached hydrogen (secondary N) is 1. The Morgan fingerprint density at radius 3 is 2.67 bits per heavy atom. The summed E-state index contributed by atoms with van der Waals surface area (Å²) in [5.74, 6) is 0.153. The molecule has 0 radical (unpaired) electrons. The van der Waals surface area contributed by atoms with Crippen LogP contribution in [0, 0.1) is 23.2 Å². The predicted octanol–water partition coefficient (Wildman–Crippen LogP) is 1.22. The average Bonchev–Trinajstić information content (AvgIpc) is 3.40. The van der Waals surface area contributed by atoms with Crippen LogP contribution in [0.1, 0.15) is 39.4 Å². The molecule has 3 aromatic heterocycles. The number of carbonyl (C=O) groups is 2. The molecule has 0 aromatic carbocycles. The molecule has 4 heterocycles. The van der Waals surface area contributed by atoms with Crippen molar-refractivity contribution in [1.29, 1.82) is 5.26 Å². The Bertz CT molecular complexity index is 1140. The molecule has 30 heavy (non-hydrogen) atoms. The van der Waals surface area contributed by atoms with Crippen LogP contribution in [-0.4, -0.2) is 55.0 Å². The lowest BCUT2D eigenvalue weighted by atomic mass is 9.91. The number of aromatic nitrogens is 4. The van der Waals surface area contributed by atoms with Gasteiger partial charge in [-0.25, -0.2) is 9.50 Å². The molecule has 9 nitrogen and oxygen atoms in total. The molecule has 1 unspecified atom stereocenters. The topological polar surface area (TPSA) is 108 Å². The van der Waals surface area contributed by atoms with Crippen molar-refractivity contribution in [1.82, 2.24) is 29.4 Å². The number of nitriles is 1. The van der Waals surface area contributed by atoms with Crippen molar-refractivity contribution < 1.29 is 9.59 Å². The van der Waals surface area contributed by atoms with E-state index >= 15 is 0 Å². The number of piperidine rings is 1. The third kappa shape index (κ3) is 3.01. The molecule has 2 fully saturated rings. The van der Waals surface area contributed by atoms with Crippen molar-refractivity contribution in [2.45, 2.75) is 18.9 Å². The van der Waals surface area contributed by atoms with Gasteiger partial charge in [-0.05, 0) is 36.8 Å². The fourth-order valence-corrected chi connectivity index (χ4v) is 4.80. The first-order valence-electron chi connectivity index (χ1n) is 10.0. The number of hydrogen-bond donors (Lipinski definition) is 1. The lowest BCUT2D eigenvalue weighted by Crippen LogP contribution is -2.54. The van der Waals surface area contributed by atoms with Gasteiger partial charge >= 0.3 is 0 Å². The highest BCUT2D eigenvalue weighted by Gasteiger charge is 2.44. The first-order chi connectivity index (χ1) is 14.5. The molecule has 1 aliphatic heterocycles. The summed E-state index contributed by atoms with van der Waals surface area (Å²) in [6.07, 6.45) is 7.04. The maximum Gasteiger partial charge on any atom is 0.274 e. The van der Waals surface area contributed by atoms with E-state index in [9.17, 15) is 9.59 Å². The second-order valence-electron chi connectivity index (χ2n) is 8.10. The molecule has 1 aliphatic carbocycles. The zero-order valence-corrected chi connectivity index (χ0v) is 16.5. The number of likely N-dealkylation sites (tertiary alicyclic amines) is 1. The molecule has 1 saturated carbocycles. The zero-order chi connectivity index (χ0) is 20.8. The molecule has 2 aliphatic rings. The van der Waals surface area contributed by atoms with E-state index in [1.807, 2.05) is 4.90 Å². The highest BCUT2D eigenvalue weighted by atomic mass is 16.2. The second-order valence-corrected chi connectivity index (χ2v) is 8.10. The molecular weight excluding hydrogens is 382 g/mol. The number of amides is 2. The van der Waals surface area contributed by atoms with E-state index in [4.69, 9.17) is 5.26 Å². The van der Waals surface area contributed by atoms with Crippen molar-refractivity contribution in [3.63, 3.8) is 0 Å². The van der Waals surface area contributed by atoms with Crippen molar-refractivity contribution in [2.24, 2.45) is 18.9 Å². The van der Waals surface area contributed by atoms with Gasteiger partial charge < -0.3 is 14.8 Å². The van der Waals surface area contributed by atoms with Gasteiger partial charge in [-0.3, -0.25) is 9.59 Å². The highest BCUT2D eigenvalue weighted by Crippen LogP contribution is 2.37. The largest absolute Gasteiger partial charge is 0.347 e. The highest BCUT2D eigenvalue weighted by molar-refractivity contribution is 5.94. The summed E-state index contributed by atoms with van der Waals surface area (Å²) in [4.78, 5) is 31.9. The minimum absolute atomic E-state index is 0.0321. The maximum atomic E-state index is 13.0. The van der Waals surface area contributed by atoms with E-state index in [1.54, 1.807) is 52.9 Å². The van der Waals surface area contributed by atoms with Crippen LogP contribution in [0.25, 0.3) is 5.65 Å². The van der Waals surface area contributed by atoms with E-state index in [0.717, 1.165) is 12.8 Å². The molecule has 152 valence electrons. The van der Waals surface area contributed by atoms with E-state index < -0.39 is 0 Å². The molecule has 2 amide bonds. The van der Waals surface area contributed by atoms with Crippen LogP contribution >= 0.6 is 0 Å². The standard InChI is InChI=1S/C21H21N7O2/c1-26-10-13(9-22)7-17(26)20(29)24-19-14-3-4-15(19)12-27(11-14)21(30)16-8-18-23-5-2-6-28(18)25-16/h2,5-8,10,14-15,19H,3-4,11-12H2,1H3,(H,24,29)/t14-,15+,19?. The van der Waals surface area contributed by atoms with E-state index in [2.05, 4.69) is 21.5 Å². The fraction of sp³-hybridized carbons (Fsp3) is 0.381. The van der Waals surface area contributed by atoms with Gasteiger partial charge in [0.05, 0.1) is 5.56 Å². The first kappa shape index (κ1) is 18.4. The van der Waals surface area contributed by atoms with Gasteiger partial charge in [0.2, 0.25) is 0 Å². The van der Waals surface area contributed by atoms with E-state index in [-0.39, 0.29) is 29.7 Å². The second kappa shape index (κ2) is 6.99.